The Bertz CT molecular complexity index is 821. The van der Waals surface area contributed by atoms with Crippen molar-refractivity contribution < 1.29 is 14.0 Å². The molecule has 0 radical (unpaired) electrons. The van der Waals surface area contributed by atoms with Crippen molar-refractivity contribution in [2.24, 2.45) is 5.92 Å². The topological polar surface area (TPSA) is 62.3 Å². The first-order valence-electron chi connectivity index (χ1n) is 9.36. The highest BCUT2D eigenvalue weighted by Gasteiger charge is 2.25. The summed E-state index contributed by atoms with van der Waals surface area (Å²) in [6, 6.07) is 9.58. The zero-order chi connectivity index (χ0) is 19.9. The Labute approximate surface area is 168 Å². The van der Waals surface area contributed by atoms with Gasteiger partial charge in [0.05, 0.1) is 12.0 Å². The Morgan fingerprint density at radius 3 is 2.61 bits per heavy atom. The third-order valence-electron chi connectivity index (χ3n) is 4.96. The van der Waals surface area contributed by atoms with E-state index in [0.717, 1.165) is 23.4 Å². The van der Waals surface area contributed by atoms with E-state index in [-0.39, 0.29) is 24.1 Å². The molecular weight excluding hydrogens is 377 g/mol. The summed E-state index contributed by atoms with van der Waals surface area (Å²) in [5.41, 5.74) is 1.45. The van der Waals surface area contributed by atoms with Crippen molar-refractivity contribution in [3.05, 3.63) is 59.5 Å². The molecule has 1 aliphatic rings. The SMILES string of the molecule is CSc1ncccc1C(=O)N1CCC(CNC(=O)Cc2ccc(F)cc2)CC1. The molecule has 0 unspecified atom stereocenters. The number of piperidine rings is 1. The fraction of sp³-hybridized carbons (Fsp3) is 0.381. The highest BCUT2D eigenvalue weighted by atomic mass is 32.2. The second-order valence-corrected chi connectivity index (χ2v) is 7.70. The maximum atomic E-state index is 12.9. The zero-order valence-corrected chi connectivity index (χ0v) is 16.7. The minimum Gasteiger partial charge on any atom is -0.356 e. The lowest BCUT2D eigenvalue weighted by Crippen LogP contribution is -2.42. The molecule has 3 rings (SSSR count). The third kappa shape index (κ3) is 5.32. The number of nitrogens with one attached hydrogen (secondary N) is 1. The number of rotatable bonds is 6. The largest absolute Gasteiger partial charge is 0.356 e. The highest BCUT2D eigenvalue weighted by Crippen LogP contribution is 2.22. The lowest BCUT2D eigenvalue weighted by Gasteiger charge is -2.32. The molecule has 7 heteroatoms. The predicted octanol–water partition coefficient (Wildman–Crippen LogP) is 3.15. The molecule has 0 aliphatic carbocycles. The monoisotopic (exact) mass is 401 g/mol. The molecule has 0 saturated carbocycles. The third-order valence-corrected chi connectivity index (χ3v) is 5.67. The Morgan fingerprint density at radius 1 is 1.21 bits per heavy atom. The van der Waals surface area contributed by atoms with Gasteiger partial charge in [0.1, 0.15) is 10.8 Å². The number of pyridine rings is 1. The van der Waals surface area contributed by atoms with Gasteiger partial charge in [-0.2, -0.15) is 0 Å². The Kier molecular flexibility index (Phi) is 7.03. The lowest BCUT2D eigenvalue weighted by atomic mass is 9.96. The van der Waals surface area contributed by atoms with Gasteiger partial charge in [0.2, 0.25) is 5.91 Å². The van der Waals surface area contributed by atoms with Crippen molar-refractivity contribution in [3.8, 4) is 0 Å². The van der Waals surface area contributed by atoms with E-state index < -0.39 is 0 Å². The second-order valence-electron chi connectivity index (χ2n) is 6.90. The molecule has 2 aromatic rings. The highest BCUT2D eigenvalue weighted by molar-refractivity contribution is 7.98. The molecule has 0 spiro atoms. The number of halogens is 1. The molecule has 0 bridgehead atoms. The molecular formula is C21H24FN3O2S. The minimum absolute atomic E-state index is 0.0243. The molecule has 28 heavy (non-hydrogen) atoms. The van der Waals surface area contributed by atoms with Gasteiger partial charge in [0, 0.05) is 25.8 Å². The van der Waals surface area contributed by atoms with Gasteiger partial charge in [0.15, 0.2) is 0 Å². The van der Waals surface area contributed by atoms with Crippen LogP contribution in [0.4, 0.5) is 4.39 Å². The fourth-order valence-electron chi connectivity index (χ4n) is 3.34. The van der Waals surface area contributed by atoms with Crippen LogP contribution in [0.5, 0.6) is 0 Å². The average molecular weight is 402 g/mol. The molecule has 1 fully saturated rings. The molecule has 1 aliphatic heterocycles. The summed E-state index contributed by atoms with van der Waals surface area (Å²) < 4.78 is 12.9. The van der Waals surface area contributed by atoms with Crippen LogP contribution in [0.3, 0.4) is 0 Å². The van der Waals surface area contributed by atoms with Gasteiger partial charge >= 0.3 is 0 Å². The number of thioether (sulfide) groups is 1. The summed E-state index contributed by atoms with van der Waals surface area (Å²) in [6.45, 7) is 1.96. The number of aromatic nitrogens is 1. The summed E-state index contributed by atoms with van der Waals surface area (Å²) in [4.78, 5) is 31.0. The van der Waals surface area contributed by atoms with Crippen molar-refractivity contribution in [2.75, 3.05) is 25.9 Å². The van der Waals surface area contributed by atoms with Crippen molar-refractivity contribution in [2.45, 2.75) is 24.3 Å². The molecule has 0 atom stereocenters. The molecule has 2 heterocycles. The average Bonchev–Trinajstić information content (AvgIpc) is 2.73. The Hall–Kier alpha value is -2.41. The van der Waals surface area contributed by atoms with Crippen molar-refractivity contribution in [3.63, 3.8) is 0 Å². The second kappa shape index (κ2) is 9.68. The van der Waals surface area contributed by atoms with Crippen LogP contribution in [0.25, 0.3) is 0 Å². The number of hydrogen-bond donors (Lipinski definition) is 1. The van der Waals surface area contributed by atoms with Gasteiger partial charge in [-0.1, -0.05) is 12.1 Å². The summed E-state index contributed by atoms with van der Waals surface area (Å²) in [6.07, 6.45) is 5.58. The minimum atomic E-state index is -0.304. The maximum Gasteiger partial charge on any atom is 0.256 e. The van der Waals surface area contributed by atoms with Crippen LogP contribution in [0.2, 0.25) is 0 Å². The molecule has 1 N–H and O–H groups in total. The van der Waals surface area contributed by atoms with Gasteiger partial charge < -0.3 is 10.2 Å². The summed E-state index contributed by atoms with van der Waals surface area (Å²) in [7, 11) is 0. The van der Waals surface area contributed by atoms with E-state index in [0.29, 0.717) is 31.1 Å². The number of benzene rings is 1. The van der Waals surface area contributed by atoms with Crippen LogP contribution < -0.4 is 5.32 Å². The van der Waals surface area contributed by atoms with Gasteiger partial charge in [-0.3, -0.25) is 9.59 Å². The van der Waals surface area contributed by atoms with Crippen LogP contribution in [0, 0.1) is 11.7 Å². The molecule has 5 nitrogen and oxygen atoms in total. The van der Waals surface area contributed by atoms with E-state index in [9.17, 15) is 14.0 Å². The fourth-order valence-corrected chi connectivity index (χ4v) is 3.88. The van der Waals surface area contributed by atoms with E-state index >= 15 is 0 Å². The number of likely N-dealkylation sites (tertiary alicyclic amines) is 1. The van der Waals surface area contributed by atoms with Crippen molar-refractivity contribution in [1.29, 1.82) is 0 Å². The van der Waals surface area contributed by atoms with Crippen molar-refractivity contribution >= 4 is 23.6 Å². The number of nitrogens with zero attached hydrogens (tertiary/aromatic N) is 2. The Balaban J connectivity index is 1.44. The first-order valence-corrected chi connectivity index (χ1v) is 10.6. The predicted molar refractivity (Wildman–Crippen MR) is 108 cm³/mol. The van der Waals surface area contributed by atoms with E-state index in [1.807, 2.05) is 17.2 Å². The number of hydrogen-bond acceptors (Lipinski definition) is 4. The van der Waals surface area contributed by atoms with E-state index in [1.165, 1.54) is 23.9 Å². The zero-order valence-electron chi connectivity index (χ0n) is 15.9. The maximum absolute atomic E-state index is 12.9. The van der Waals surface area contributed by atoms with Crippen LogP contribution >= 0.6 is 11.8 Å². The van der Waals surface area contributed by atoms with Crippen LogP contribution in [0.15, 0.2) is 47.6 Å². The first-order chi connectivity index (χ1) is 13.6. The molecule has 1 aromatic heterocycles. The molecule has 1 saturated heterocycles. The quantitative estimate of drug-likeness (QED) is 0.756. The van der Waals surface area contributed by atoms with Gasteiger partial charge in [-0.05, 0) is 54.8 Å². The van der Waals surface area contributed by atoms with Crippen LogP contribution in [-0.2, 0) is 11.2 Å². The molecule has 148 valence electrons. The van der Waals surface area contributed by atoms with E-state index in [1.54, 1.807) is 24.4 Å². The van der Waals surface area contributed by atoms with E-state index in [4.69, 9.17) is 0 Å². The van der Waals surface area contributed by atoms with Gasteiger partial charge in [-0.25, -0.2) is 9.37 Å². The summed E-state index contributed by atoms with van der Waals surface area (Å²) >= 11 is 1.47. The molecule has 2 amide bonds. The van der Waals surface area contributed by atoms with Gasteiger partial charge in [0.25, 0.3) is 5.91 Å². The normalized spacial score (nSPS) is 14.7. The van der Waals surface area contributed by atoms with E-state index in [2.05, 4.69) is 10.3 Å². The van der Waals surface area contributed by atoms with Gasteiger partial charge in [-0.15, -0.1) is 11.8 Å². The number of carbonyl (C=O) groups is 2. The summed E-state index contributed by atoms with van der Waals surface area (Å²) in [5, 5.41) is 3.71. The number of carbonyl (C=O) groups excluding carboxylic acids is 2. The van der Waals surface area contributed by atoms with Crippen molar-refractivity contribution in [1.82, 2.24) is 15.2 Å². The smallest absolute Gasteiger partial charge is 0.256 e. The van der Waals surface area contributed by atoms with Crippen LogP contribution in [-0.4, -0.2) is 47.6 Å². The van der Waals surface area contributed by atoms with Crippen LogP contribution in [0.1, 0.15) is 28.8 Å². The number of amides is 2. The molecule has 1 aromatic carbocycles. The first kappa shape index (κ1) is 20.3. The Morgan fingerprint density at radius 2 is 1.93 bits per heavy atom. The standard InChI is InChI=1S/C21H24FN3O2S/c1-28-20-18(3-2-10-23-20)21(27)25-11-8-16(9-12-25)14-24-19(26)13-15-4-6-17(22)7-5-15/h2-7,10,16H,8-9,11-14H2,1H3,(H,24,26). The summed E-state index contributed by atoms with van der Waals surface area (Å²) in [5.74, 6) is 0.0119. The lowest BCUT2D eigenvalue weighted by molar-refractivity contribution is -0.120.